The van der Waals surface area contributed by atoms with Crippen LogP contribution in [0.15, 0.2) is 18.2 Å². The second-order valence-electron chi connectivity index (χ2n) is 3.04. The van der Waals surface area contributed by atoms with Crippen molar-refractivity contribution in [3.8, 4) is 0 Å². The average Bonchev–Trinajstić information content (AvgIpc) is 2.45. The predicted molar refractivity (Wildman–Crippen MR) is 64.3 cm³/mol. The molecule has 0 aliphatic heterocycles. The fourth-order valence-corrected chi connectivity index (χ4v) is 1.99. The molecule has 0 fully saturated rings. The van der Waals surface area contributed by atoms with Crippen molar-refractivity contribution in [3.05, 3.63) is 27.6 Å². The summed E-state index contributed by atoms with van der Waals surface area (Å²) in [5.74, 6) is 0. The number of anilines is 1. The first-order chi connectivity index (χ1) is 7.09. The fourth-order valence-electron chi connectivity index (χ4n) is 1.41. The normalized spacial score (nSPS) is 10.5. The summed E-state index contributed by atoms with van der Waals surface area (Å²) in [5.41, 5.74) is 1.98. The SMILES string of the molecule is Cc1nn2c(I)cccc2c1NC(=O)O. The Morgan fingerprint density at radius 3 is 3.00 bits per heavy atom. The number of hydrogen-bond donors (Lipinski definition) is 2. The summed E-state index contributed by atoms with van der Waals surface area (Å²) in [7, 11) is 0. The van der Waals surface area contributed by atoms with Gasteiger partial charge in [0.15, 0.2) is 0 Å². The summed E-state index contributed by atoms with van der Waals surface area (Å²) in [6, 6.07) is 5.60. The molecule has 0 atom stereocenters. The molecule has 0 aliphatic rings. The van der Waals surface area contributed by atoms with E-state index in [-0.39, 0.29) is 0 Å². The third-order valence-electron chi connectivity index (χ3n) is 2.02. The van der Waals surface area contributed by atoms with Gasteiger partial charge in [-0.25, -0.2) is 9.31 Å². The van der Waals surface area contributed by atoms with Gasteiger partial charge < -0.3 is 5.11 Å². The van der Waals surface area contributed by atoms with Crippen molar-refractivity contribution < 1.29 is 9.90 Å². The second-order valence-corrected chi connectivity index (χ2v) is 4.14. The minimum Gasteiger partial charge on any atom is -0.465 e. The zero-order valence-electron chi connectivity index (χ0n) is 7.86. The van der Waals surface area contributed by atoms with Crippen LogP contribution in [0, 0.1) is 10.6 Å². The quantitative estimate of drug-likeness (QED) is 0.627. The van der Waals surface area contributed by atoms with E-state index in [1.807, 2.05) is 18.2 Å². The number of nitrogens with zero attached hydrogens (tertiary/aromatic N) is 2. The summed E-state index contributed by atoms with van der Waals surface area (Å²) in [5, 5.41) is 15.3. The summed E-state index contributed by atoms with van der Waals surface area (Å²) in [6.45, 7) is 1.77. The van der Waals surface area contributed by atoms with E-state index in [1.54, 1.807) is 11.4 Å². The van der Waals surface area contributed by atoms with Crippen LogP contribution < -0.4 is 5.32 Å². The maximum atomic E-state index is 10.6. The highest BCUT2D eigenvalue weighted by molar-refractivity contribution is 14.1. The third kappa shape index (κ3) is 1.76. The molecule has 0 saturated carbocycles. The Bertz CT molecular complexity index is 535. The van der Waals surface area contributed by atoms with Crippen LogP contribution in [0.4, 0.5) is 10.5 Å². The van der Waals surface area contributed by atoms with Gasteiger partial charge in [0, 0.05) is 0 Å². The molecule has 6 heteroatoms. The Hall–Kier alpha value is -1.31. The standard InChI is InChI=1S/C9H8IN3O2/c1-5-8(11-9(14)15)6-3-2-4-7(10)13(6)12-5/h2-4,11H,1H3,(H,14,15). The minimum atomic E-state index is -1.08. The van der Waals surface area contributed by atoms with Gasteiger partial charge in [-0.1, -0.05) is 6.07 Å². The van der Waals surface area contributed by atoms with Crippen LogP contribution in [0.25, 0.3) is 5.52 Å². The van der Waals surface area contributed by atoms with E-state index in [4.69, 9.17) is 5.11 Å². The van der Waals surface area contributed by atoms with Gasteiger partial charge >= 0.3 is 6.09 Å². The van der Waals surface area contributed by atoms with E-state index in [1.165, 1.54) is 0 Å². The fraction of sp³-hybridized carbons (Fsp3) is 0.111. The van der Waals surface area contributed by atoms with E-state index in [0.717, 1.165) is 9.22 Å². The molecule has 2 aromatic rings. The Kier molecular flexibility index (Phi) is 2.51. The van der Waals surface area contributed by atoms with E-state index >= 15 is 0 Å². The lowest BCUT2D eigenvalue weighted by atomic mass is 10.3. The second kappa shape index (κ2) is 3.69. The van der Waals surface area contributed by atoms with Crippen molar-refractivity contribution in [1.29, 1.82) is 0 Å². The number of pyridine rings is 1. The number of nitrogens with one attached hydrogen (secondary N) is 1. The molecule has 2 rings (SSSR count). The van der Waals surface area contributed by atoms with E-state index in [9.17, 15) is 4.79 Å². The van der Waals surface area contributed by atoms with Gasteiger partial charge in [-0.2, -0.15) is 5.10 Å². The molecule has 78 valence electrons. The van der Waals surface area contributed by atoms with Crippen LogP contribution in [0.5, 0.6) is 0 Å². The minimum absolute atomic E-state index is 0.543. The molecule has 0 aromatic carbocycles. The third-order valence-corrected chi connectivity index (χ3v) is 2.83. The molecule has 1 amide bonds. The molecule has 0 aliphatic carbocycles. The van der Waals surface area contributed by atoms with Gasteiger partial charge in [0.1, 0.15) is 3.70 Å². The van der Waals surface area contributed by atoms with Crippen molar-refractivity contribution in [1.82, 2.24) is 9.61 Å². The van der Waals surface area contributed by atoms with Gasteiger partial charge in [-0.15, -0.1) is 0 Å². The zero-order valence-corrected chi connectivity index (χ0v) is 10.0. The van der Waals surface area contributed by atoms with Crippen molar-refractivity contribution in [3.63, 3.8) is 0 Å². The number of aryl methyl sites for hydroxylation is 1. The number of amides is 1. The molecule has 2 heterocycles. The lowest BCUT2D eigenvalue weighted by Crippen LogP contribution is -2.07. The Morgan fingerprint density at radius 2 is 2.33 bits per heavy atom. The summed E-state index contributed by atoms with van der Waals surface area (Å²) >= 11 is 2.15. The Labute approximate surface area is 99.2 Å². The number of carbonyl (C=O) groups is 1. The average molecular weight is 317 g/mol. The van der Waals surface area contributed by atoms with Crippen molar-refractivity contribution in [2.45, 2.75) is 6.92 Å². The first-order valence-electron chi connectivity index (χ1n) is 4.23. The van der Waals surface area contributed by atoms with Crippen molar-refractivity contribution in [2.75, 3.05) is 5.32 Å². The molecule has 2 N–H and O–H groups in total. The summed E-state index contributed by atoms with van der Waals surface area (Å²) < 4.78 is 2.65. The molecule has 5 nitrogen and oxygen atoms in total. The molecule has 15 heavy (non-hydrogen) atoms. The number of rotatable bonds is 1. The van der Waals surface area contributed by atoms with Crippen molar-refractivity contribution in [2.24, 2.45) is 0 Å². The molecule has 0 spiro atoms. The predicted octanol–water partition coefficient (Wildman–Crippen LogP) is 2.34. The van der Waals surface area contributed by atoms with Crippen LogP contribution in [-0.4, -0.2) is 20.8 Å². The van der Waals surface area contributed by atoms with Gasteiger partial charge in [-0.3, -0.25) is 5.32 Å². The lowest BCUT2D eigenvalue weighted by molar-refractivity contribution is 0.210. The molecule has 0 saturated heterocycles. The maximum Gasteiger partial charge on any atom is 0.409 e. The van der Waals surface area contributed by atoms with E-state index in [2.05, 4.69) is 33.0 Å². The molecule has 0 bridgehead atoms. The topological polar surface area (TPSA) is 66.6 Å². The number of carboxylic acid groups (broad SMARTS) is 1. The highest BCUT2D eigenvalue weighted by Gasteiger charge is 2.12. The highest BCUT2D eigenvalue weighted by atomic mass is 127. The molecular weight excluding hydrogens is 309 g/mol. The number of aromatic nitrogens is 2. The first kappa shape index (κ1) is 10.2. The summed E-state index contributed by atoms with van der Waals surface area (Å²) in [4.78, 5) is 10.6. The van der Waals surface area contributed by atoms with Crippen LogP contribution in [0.3, 0.4) is 0 Å². The van der Waals surface area contributed by atoms with Crippen LogP contribution >= 0.6 is 22.6 Å². The highest BCUT2D eigenvalue weighted by Crippen LogP contribution is 2.22. The van der Waals surface area contributed by atoms with E-state index < -0.39 is 6.09 Å². The smallest absolute Gasteiger partial charge is 0.409 e. The zero-order chi connectivity index (χ0) is 11.0. The monoisotopic (exact) mass is 317 g/mol. The van der Waals surface area contributed by atoms with Crippen molar-refractivity contribution >= 4 is 39.9 Å². The number of fused-ring (bicyclic) bond motifs is 1. The molecule has 0 unspecified atom stereocenters. The summed E-state index contributed by atoms with van der Waals surface area (Å²) in [6.07, 6.45) is -1.08. The molecular formula is C9H8IN3O2. The first-order valence-corrected chi connectivity index (χ1v) is 5.31. The molecule has 0 radical (unpaired) electrons. The van der Waals surface area contributed by atoms with Crippen LogP contribution in [0.1, 0.15) is 5.69 Å². The van der Waals surface area contributed by atoms with Crippen LogP contribution in [-0.2, 0) is 0 Å². The van der Waals surface area contributed by atoms with Crippen LogP contribution in [0.2, 0.25) is 0 Å². The maximum absolute atomic E-state index is 10.6. The lowest BCUT2D eigenvalue weighted by Gasteiger charge is -1.99. The number of halogens is 1. The van der Waals surface area contributed by atoms with Gasteiger partial charge in [0.25, 0.3) is 0 Å². The Balaban J connectivity index is 2.68. The van der Waals surface area contributed by atoms with E-state index in [0.29, 0.717) is 11.4 Å². The molecule has 2 aromatic heterocycles. The van der Waals surface area contributed by atoms with Gasteiger partial charge in [0.2, 0.25) is 0 Å². The number of hydrogen-bond acceptors (Lipinski definition) is 2. The Morgan fingerprint density at radius 1 is 1.60 bits per heavy atom. The van der Waals surface area contributed by atoms with Gasteiger partial charge in [-0.05, 0) is 41.6 Å². The van der Waals surface area contributed by atoms with Gasteiger partial charge in [0.05, 0.1) is 16.9 Å². The largest absolute Gasteiger partial charge is 0.465 e.